The van der Waals surface area contributed by atoms with Gasteiger partial charge in [-0.05, 0) is 49.9 Å². The number of rotatable bonds is 5. The molecule has 0 spiro atoms. The van der Waals surface area contributed by atoms with E-state index in [2.05, 4.69) is 26.3 Å². The molecule has 1 aliphatic heterocycles. The van der Waals surface area contributed by atoms with Crippen molar-refractivity contribution in [1.29, 1.82) is 0 Å². The fourth-order valence-corrected chi connectivity index (χ4v) is 3.91. The first-order valence-electron chi connectivity index (χ1n) is 10.1. The van der Waals surface area contributed by atoms with Gasteiger partial charge in [0.25, 0.3) is 0 Å². The lowest BCUT2D eigenvalue weighted by Gasteiger charge is -2.32. The number of fused-ring (bicyclic) bond motifs is 1. The summed E-state index contributed by atoms with van der Waals surface area (Å²) in [6.07, 6.45) is 9.12. The molecule has 29 heavy (non-hydrogen) atoms. The fraction of sp³-hybridized carbons (Fsp3) is 0.364. The molecule has 0 atom stereocenters. The van der Waals surface area contributed by atoms with Gasteiger partial charge in [-0.3, -0.25) is 9.78 Å². The van der Waals surface area contributed by atoms with Gasteiger partial charge in [0.2, 0.25) is 0 Å². The summed E-state index contributed by atoms with van der Waals surface area (Å²) in [5, 5.41) is 14.8. The quantitative estimate of drug-likeness (QED) is 0.689. The Kier molecular flexibility index (Phi) is 4.50. The number of carbonyl (C=O) groups is 1. The minimum Gasteiger partial charge on any atom is -0.481 e. The Morgan fingerprint density at radius 3 is 2.69 bits per heavy atom. The van der Waals surface area contributed by atoms with Gasteiger partial charge in [-0.1, -0.05) is 0 Å². The third kappa shape index (κ3) is 3.72. The Balaban J connectivity index is 1.52. The second kappa shape index (κ2) is 7.31. The van der Waals surface area contributed by atoms with Crippen molar-refractivity contribution < 1.29 is 9.90 Å². The van der Waals surface area contributed by atoms with Crippen molar-refractivity contribution in [2.24, 2.45) is 5.92 Å². The molecule has 1 saturated heterocycles. The summed E-state index contributed by atoms with van der Waals surface area (Å²) in [6.45, 7) is 1.38. The lowest BCUT2D eigenvalue weighted by atomic mass is 9.97. The van der Waals surface area contributed by atoms with Crippen LogP contribution in [0.25, 0.3) is 22.0 Å². The normalized spacial score (nSPS) is 17.4. The summed E-state index contributed by atoms with van der Waals surface area (Å²) in [5.41, 5.74) is 1.89. The summed E-state index contributed by atoms with van der Waals surface area (Å²) >= 11 is 0. The average molecular weight is 389 g/mol. The molecule has 2 aliphatic rings. The van der Waals surface area contributed by atoms with Crippen molar-refractivity contribution >= 4 is 28.4 Å². The van der Waals surface area contributed by atoms with Gasteiger partial charge in [-0.15, -0.1) is 0 Å². The van der Waals surface area contributed by atoms with Crippen molar-refractivity contribution in [2.45, 2.75) is 31.7 Å². The molecular weight excluding hydrogens is 366 g/mol. The molecule has 3 aromatic heterocycles. The van der Waals surface area contributed by atoms with Crippen molar-refractivity contribution in [3.05, 3.63) is 42.9 Å². The van der Waals surface area contributed by atoms with E-state index in [1.807, 2.05) is 30.6 Å². The number of nitrogens with zero attached hydrogens (tertiary/aromatic N) is 4. The van der Waals surface area contributed by atoms with E-state index in [-0.39, 0.29) is 5.92 Å². The van der Waals surface area contributed by atoms with Crippen LogP contribution in [0.1, 0.15) is 25.7 Å². The van der Waals surface area contributed by atoms with Crippen LogP contribution in [0, 0.1) is 5.92 Å². The number of pyridine rings is 3. The van der Waals surface area contributed by atoms with Gasteiger partial charge >= 0.3 is 5.97 Å². The summed E-state index contributed by atoms with van der Waals surface area (Å²) < 4.78 is 0. The van der Waals surface area contributed by atoms with Crippen LogP contribution in [0.2, 0.25) is 0 Å². The van der Waals surface area contributed by atoms with Crippen molar-refractivity contribution in [3.8, 4) is 11.3 Å². The molecule has 2 N–H and O–H groups in total. The summed E-state index contributed by atoms with van der Waals surface area (Å²) in [5.74, 6) is 0.811. The molecule has 7 nitrogen and oxygen atoms in total. The van der Waals surface area contributed by atoms with Crippen LogP contribution in [-0.2, 0) is 4.79 Å². The molecule has 1 saturated carbocycles. The SMILES string of the molecule is O=C(O)C1CCN(c2nc(-c3ccnc(NC4CC4)c3)cc3cnccc23)CC1. The van der Waals surface area contributed by atoms with Gasteiger partial charge in [-0.25, -0.2) is 9.97 Å². The Hall–Kier alpha value is -3.22. The monoisotopic (exact) mass is 389 g/mol. The van der Waals surface area contributed by atoms with Crippen molar-refractivity contribution in [3.63, 3.8) is 0 Å². The van der Waals surface area contributed by atoms with E-state index < -0.39 is 5.97 Å². The van der Waals surface area contributed by atoms with E-state index in [0.717, 1.165) is 33.7 Å². The van der Waals surface area contributed by atoms with Gasteiger partial charge in [0.15, 0.2) is 0 Å². The summed E-state index contributed by atoms with van der Waals surface area (Å²) in [6, 6.07) is 8.60. The van der Waals surface area contributed by atoms with Crippen LogP contribution < -0.4 is 10.2 Å². The highest BCUT2D eigenvalue weighted by molar-refractivity contribution is 5.94. The summed E-state index contributed by atoms with van der Waals surface area (Å²) in [7, 11) is 0. The molecule has 0 unspecified atom stereocenters. The highest BCUT2D eigenvalue weighted by Crippen LogP contribution is 2.33. The van der Waals surface area contributed by atoms with Crippen LogP contribution in [0.15, 0.2) is 42.9 Å². The first-order valence-corrected chi connectivity index (χ1v) is 10.1. The molecule has 0 bridgehead atoms. The van der Waals surface area contributed by atoms with Crippen molar-refractivity contribution in [1.82, 2.24) is 15.0 Å². The highest BCUT2D eigenvalue weighted by atomic mass is 16.4. The standard InChI is InChI=1S/C22H23N5O2/c28-22(29)14-5-9-27(10-6-14)21-18-4-7-23-13-16(18)11-19(26-21)15-3-8-24-20(12-15)25-17-1-2-17/h3-4,7-8,11-14,17H,1-2,5-6,9-10H2,(H,24,25)(H,28,29). The van der Waals surface area contributed by atoms with E-state index >= 15 is 0 Å². The van der Waals surface area contributed by atoms with Crippen LogP contribution in [0.5, 0.6) is 0 Å². The molecular formula is C22H23N5O2. The van der Waals surface area contributed by atoms with Gasteiger partial charge in [0.05, 0.1) is 11.6 Å². The van der Waals surface area contributed by atoms with E-state index in [4.69, 9.17) is 4.98 Å². The van der Waals surface area contributed by atoms with E-state index in [1.54, 1.807) is 6.20 Å². The van der Waals surface area contributed by atoms with Gasteiger partial charge in [0.1, 0.15) is 11.6 Å². The molecule has 0 radical (unpaired) electrons. The molecule has 4 heterocycles. The van der Waals surface area contributed by atoms with Crippen molar-refractivity contribution in [2.75, 3.05) is 23.3 Å². The molecule has 5 rings (SSSR count). The van der Waals surface area contributed by atoms with Crippen LogP contribution >= 0.6 is 0 Å². The zero-order chi connectivity index (χ0) is 19.8. The third-order valence-electron chi connectivity index (χ3n) is 5.74. The molecule has 1 aliphatic carbocycles. The Bertz CT molecular complexity index is 1060. The maximum Gasteiger partial charge on any atom is 0.306 e. The lowest BCUT2D eigenvalue weighted by molar-refractivity contribution is -0.142. The molecule has 7 heteroatoms. The Morgan fingerprint density at radius 2 is 1.93 bits per heavy atom. The van der Waals surface area contributed by atoms with Crippen LogP contribution in [-0.4, -0.2) is 45.2 Å². The van der Waals surface area contributed by atoms with E-state index in [1.165, 1.54) is 12.8 Å². The Morgan fingerprint density at radius 1 is 1.10 bits per heavy atom. The number of aliphatic carboxylic acids is 1. The van der Waals surface area contributed by atoms with Crippen LogP contribution in [0.4, 0.5) is 11.6 Å². The lowest BCUT2D eigenvalue weighted by Crippen LogP contribution is -2.36. The highest BCUT2D eigenvalue weighted by Gasteiger charge is 2.26. The molecule has 0 aromatic carbocycles. The third-order valence-corrected chi connectivity index (χ3v) is 5.74. The molecule has 3 aromatic rings. The second-order valence-electron chi connectivity index (χ2n) is 7.88. The predicted molar refractivity (Wildman–Crippen MR) is 112 cm³/mol. The van der Waals surface area contributed by atoms with Gasteiger partial charge in [0, 0.05) is 54.1 Å². The Labute approximate surface area is 168 Å². The van der Waals surface area contributed by atoms with Gasteiger partial charge < -0.3 is 15.3 Å². The molecule has 148 valence electrons. The minimum absolute atomic E-state index is 0.265. The number of nitrogens with one attached hydrogen (secondary N) is 1. The van der Waals surface area contributed by atoms with E-state index in [9.17, 15) is 9.90 Å². The van der Waals surface area contributed by atoms with Gasteiger partial charge in [-0.2, -0.15) is 0 Å². The number of hydrogen-bond acceptors (Lipinski definition) is 6. The number of piperidine rings is 1. The second-order valence-corrected chi connectivity index (χ2v) is 7.88. The largest absolute Gasteiger partial charge is 0.481 e. The fourth-order valence-electron chi connectivity index (χ4n) is 3.91. The van der Waals surface area contributed by atoms with E-state index in [0.29, 0.717) is 32.0 Å². The van der Waals surface area contributed by atoms with Crippen LogP contribution in [0.3, 0.4) is 0 Å². The predicted octanol–water partition coefficient (Wildman–Crippen LogP) is 3.57. The zero-order valence-corrected chi connectivity index (χ0v) is 16.1. The number of carboxylic acid groups (broad SMARTS) is 1. The minimum atomic E-state index is -0.701. The number of carboxylic acids is 1. The smallest absolute Gasteiger partial charge is 0.306 e. The number of anilines is 2. The maximum absolute atomic E-state index is 11.3. The first-order chi connectivity index (χ1) is 14.2. The maximum atomic E-state index is 11.3. The number of aromatic nitrogens is 3. The number of hydrogen-bond donors (Lipinski definition) is 2. The zero-order valence-electron chi connectivity index (χ0n) is 16.1. The topological polar surface area (TPSA) is 91.2 Å². The molecule has 0 amide bonds. The first kappa shape index (κ1) is 17.8. The molecule has 2 fully saturated rings. The average Bonchev–Trinajstić information content (AvgIpc) is 3.57. The summed E-state index contributed by atoms with van der Waals surface area (Å²) in [4.78, 5) is 27.2.